The molecule has 0 unspecified atom stereocenters. The number of rotatable bonds is 3. The molecule has 1 N–H and O–H groups in total. The van der Waals surface area contributed by atoms with Crippen LogP contribution in [0.4, 0.5) is 5.82 Å². The highest BCUT2D eigenvalue weighted by Gasteiger charge is 2.60. The molecule has 1 saturated carbocycles. The third-order valence-electron chi connectivity index (χ3n) is 3.67. The lowest BCUT2D eigenvalue weighted by Crippen LogP contribution is -2.17. The maximum atomic E-state index is 12.2. The van der Waals surface area contributed by atoms with Crippen LogP contribution in [0.3, 0.4) is 0 Å². The Morgan fingerprint density at radius 3 is 2.67 bits per heavy atom. The summed E-state index contributed by atoms with van der Waals surface area (Å²) >= 11 is 0. The number of anilines is 1. The van der Waals surface area contributed by atoms with E-state index in [1.54, 1.807) is 4.68 Å². The van der Waals surface area contributed by atoms with Crippen molar-refractivity contribution in [2.75, 3.05) is 5.32 Å². The van der Waals surface area contributed by atoms with Gasteiger partial charge in [-0.2, -0.15) is 5.10 Å². The van der Waals surface area contributed by atoms with Gasteiger partial charge < -0.3 is 5.32 Å². The van der Waals surface area contributed by atoms with Crippen molar-refractivity contribution < 1.29 is 4.79 Å². The van der Waals surface area contributed by atoms with Crippen molar-refractivity contribution in [2.45, 2.75) is 27.7 Å². The van der Waals surface area contributed by atoms with Gasteiger partial charge in [0, 0.05) is 19.3 Å². The number of aromatic nitrogens is 2. The third kappa shape index (κ3) is 2.33. The first-order valence-electron chi connectivity index (χ1n) is 6.28. The smallest absolute Gasteiger partial charge is 0.229 e. The van der Waals surface area contributed by atoms with Crippen LogP contribution in [0.5, 0.6) is 0 Å². The quantitative estimate of drug-likeness (QED) is 0.834. The van der Waals surface area contributed by atoms with Gasteiger partial charge in [-0.3, -0.25) is 9.48 Å². The summed E-state index contributed by atoms with van der Waals surface area (Å²) in [4.78, 5) is 12.2. The van der Waals surface area contributed by atoms with Crippen LogP contribution in [-0.4, -0.2) is 15.7 Å². The van der Waals surface area contributed by atoms with Crippen LogP contribution in [0.1, 0.15) is 27.7 Å². The zero-order valence-corrected chi connectivity index (χ0v) is 11.7. The van der Waals surface area contributed by atoms with Crippen molar-refractivity contribution in [2.24, 2.45) is 24.3 Å². The molecule has 1 aromatic heterocycles. The van der Waals surface area contributed by atoms with E-state index in [1.807, 2.05) is 19.3 Å². The molecule has 1 amide bonds. The normalized spacial score (nSPS) is 24.5. The number of carbonyl (C=O) groups is 1. The van der Waals surface area contributed by atoms with Crippen LogP contribution in [0.2, 0.25) is 0 Å². The average Bonchev–Trinajstić information content (AvgIpc) is 2.56. The summed E-state index contributed by atoms with van der Waals surface area (Å²) in [5.74, 6) is 1.09. The molecule has 0 aliphatic heterocycles. The molecule has 1 fully saturated rings. The van der Waals surface area contributed by atoms with Gasteiger partial charge in [0.1, 0.15) is 0 Å². The Morgan fingerprint density at radius 1 is 1.50 bits per heavy atom. The second-order valence-electron chi connectivity index (χ2n) is 5.93. The summed E-state index contributed by atoms with van der Waals surface area (Å²) in [7, 11) is 1.84. The van der Waals surface area contributed by atoms with E-state index in [0.29, 0.717) is 11.7 Å². The predicted molar refractivity (Wildman–Crippen MR) is 72.0 cm³/mol. The van der Waals surface area contributed by atoms with Crippen LogP contribution in [-0.2, 0) is 11.8 Å². The van der Waals surface area contributed by atoms with E-state index < -0.39 is 0 Å². The number of allylic oxidation sites excluding steroid dienone is 2. The van der Waals surface area contributed by atoms with Crippen molar-refractivity contribution in [1.29, 1.82) is 0 Å². The van der Waals surface area contributed by atoms with Gasteiger partial charge in [-0.1, -0.05) is 25.5 Å². The number of carbonyl (C=O) groups excluding carboxylic acids is 1. The average molecular weight is 247 g/mol. The predicted octanol–water partition coefficient (Wildman–Crippen LogP) is 2.60. The number of hydrogen-bond acceptors (Lipinski definition) is 2. The highest BCUT2D eigenvalue weighted by Crippen LogP contribution is 2.59. The fourth-order valence-corrected chi connectivity index (χ4v) is 2.53. The lowest BCUT2D eigenvalue weighted by Gasteiger charge is -2.02. The topological polar surface area (TPSA) is 46.9 Å². The molecule has 98 valence electrons. The Balaban J connectivity index is 2.05. The third-order valence-corrected chi connectivity index (χ3v) is 3.67. The molecule has 4 heteroatoms. The maximum Gasteiger partial charge on any atom is 0.229 e. The first-order chi connectivity index (χ1) is 8.32. The van der Waals surface area contributed by atoms with Crippen LogP contribution < -0.4 is 5.32 Å². The zero-order chi connectivity index (χ0) is 13.5. The summed E-state index contributed by atoms with van der Waals surface area (Å²) in [6.07, 6.45) is 4.02. The van der Waals surface area contributed by atoms with Gasteiger partial charge in [0.05, 0.1) is 5.92 Å². The lowest BCUT2D eigenvalue weighted by atomic mass is 10.1. The molecule has 2 rings (SSSR count). The van der Waals surface area contributed by atoms with Gasteiger partial charge in [0.15, 0.2) is 5.82 Å². The zero-order valence-electron chi connectivity index (χ0n) is 11.7. The fourth-order valence-electron chi connectivity index (χ4n) is 2.53. The van der Waals surface area contributed by atoms with E-state index in [1.165, 1.54) is 5.57 Å². The van der Waals surface area contributed by atoms with E-state index in [-0.39, 0.29) is 17.2 Å². The molecule has 2 atom stereocenters. The molecule has 0 saturated heterocycles. The van der Waals surface area contributed by atoms with Crippen LogP contribution >= 0.6 is 0 Å². The summed E-state index contributed by atoms with van der Waals surface area (Å²) in [6.45, 7) is 8.42. The van der Waals surface area contributed by atoms with Gasteiger partial charge in [0.25, 0.3) is 0 Å². The number of nitrogens with zero attached hydrogens (tertiary/aromatic N) is 2. The van der Waals surface area contributed by atoms with E-state index in [0.717, 1.165) is 0 Å². The first-order valence-corrected chi connectivity index (χ1v) is 6.28. The summed E-state index contributed by atoms with van der Waals surface area (Å²) < 4.78 is 1.68. The van der Waals surface area contributed by atoms with E-state index in [4.69, 9.17) is 0 Å². The highest BCUT2D eigenvalue weighted by atomic mass is 16.2. The first kappa shape index (κ1) is 12.9. The minimum absolute atomic E-state index is 0.0504. The van der Waals surface area contributed by atoms with Gasteiger partial charge in [-0.05, 0) is 25.2 Å². The van der Waals surface area contributed by atoms with Crippen molar-refractivity contribution >= 4 is 11.7 Å². The lowest BCUT2D eigenvalue weighted by molar-refractivity contribution is -0.118. The summed E-state index contributed by atoms with van der Waals surface area (Å²) in [6, 6.07) is 1.81. The summed E-state index contributed by atoms with van der Waals surface area (Å²) in [5.41, 5.74) is 1.32. The van der Waals surface area contributed by atoms with Crippen molar-refractivity contribution in [3.63, 3.8) is 0 Å². The van der Waals surface area contributed by atoms with E-state index in [2.05, 4.69) is 44.2 Å². The van der Waals surface area contributed by atoms with Gasteiger partial charge in [-0.25, -0.2) is 0 Å². The van der Waals surface area contributed by atoms with Crippen molar-refractivity contribution in [1.82, 2.24) is 9.78 Å². The summed E-state index contributed by atoms with van der Waals surface area (Å²) in [5, 5.41) is 7.05. The molecule has 0 bridgehead atoms. The molecule has 0 radical (unpaired) electrons. The Bertz CT molecular complexity index is 495. The Labute approximate surface area is 108 Å². The molecular formula is C14H21N3O. The number of hydrogen-bond donors (Lipinski definition) is 1. The molecule has 1 aromatic rings. The van der Waals surface area contributed by atoms with E-state index in [9.17, 15) is 4.79 Å². The number of aryl methyl sites for hydroxylation is 1. The van der Waals surface area contributed by atoms with Crippen molar-refractivity contribution in [3.05, 3.63) is 23.9 Å². The molecule has 4 nitrogen and oxygen atoms in total. The largest absolute Gasteiger partial charge is 0.309 e. The number of amides is 1. The molecule has 1 aliphatic carbocycles. The second-order valence-corrected chi connectivity index (χ2v) is 5.93. The fraction of sp³-hybridized carbons (Fsp3) is 0.571. The number of nitrogens with one attached hydrogen (secondary N) is 1. The second kappa shape index (κ2) is 4.26. The monoisotopic (exact) mass is 247 g/mol. The molecule has 0 spiro atoms. The molecule has 1 aliphatic rings. The van der Waals surface area contributed by atoms with Crippen molar-refractivity contribution in [3.8, 4) is 0 Å². The molecular weight excluding hydrogens is 226 g/mol. The Kier molecular flexibility index (Phi) is 3.05. The minimum atomic E-state index is 0.0504. The van der Waals surface area contributed by atoms with Gasteiger partial charge in [-0.15, -0.1) is 0 Å². The van der Waals surface area contributed by atoms with Crippen LogP contribution in [0.25, 0.3) is 0 Å². The van der Waals surface area contributed by atoms with Crippen LogP contribution in [0, 0.1) is 17.3 Å². The maximum absolute atomic E-state index is 12.2. The molecule has 18 heavy (non-hydrogen) atoms. The Morgan fingerprint density at radius 2 is 2.17 bits per heavy atom. The minimum Gasteiger partial charge on any atom is -0.309 e. The molecule has 1 heterocycles. The van der Waals surface area contributed by atoms with Crippen LogP contribution in [0.15, 0.2) is 23.9 Å². The Hall–Kier alpha value is -1.58. The standard InChI is InChI=1S/C14H21N3O/c1-9(2)8-10-12(14(10,3)4)13(18)15-11-6-7-17(5)16-11/h6-8,10,12H,1-5H3,(H,15,16,18)/t10-,12-/m1/s1. The SMILES string of the molecule is CC(C)=C[C@@H]1[C@H](C(=O)Nc2ccn(C)n2)C1(C)C. The van der Waals surface area contributed by atoms with E-state index >= 15 is 0 Å². The van der Waals surface area contributed by atoms with Gasteiger partial charge in [0.2, 0.25) is 5.91 Å². The molecule has 0 aromatic carbocycles. The van der Waals surface area contributed by atoms with Gasteiger partial charge >= 0.3 is 0 Å². The highest BCUT2D eigenvalue weighted by molar-refractivity contribution is 5.95.